The number of ether oxygens (including phenoxy) is 1. The Bertz CT molecular complexity index is 581. The van der Waals surface area contributed by atoms with Crippen molar-refractivity contribution in [1.29, 1.82) is 0 Å². The summed E-state index contributed by atoms with van der Waals surface area (Å²) in [5.74, 6) is 0.896. The van der Waals surface area contributed by atoms with Crippen molar-refractivity contribution < 1.29 is 9.53 Å². The van der Waals surface area contributed by atoms with Gasteiger partial charge in [0.25, 0.3) is 0 Å². The molecule has 0 aliphatic rings. The molecule has 1 amide bonds. The average molecular weight is 290 g/mol. The maximum atomic E-state index is 11.8. The number of amides is 1. The number of thiazole rings is 1. The van der Waals surface area contributed by atoms with Gasteiger partial charge in [-0.3, -0.25) is 4.79 Å². The standard InChI is InChI=1S/C15H18N2O2S/c1-11-14(20-10-17-11)9-15(18)16-8-7-12-5-3-4-6-13(12)19-2/h3-6,10H,7-9H2,1-2H3,(H,16,18). The molecule has 0 unspecified atom stereocenters. The Morgan fingerprint density at radius 1 is 1.40 bits per heavy atom. The summed E-state index contributed by atoms with van der Waals surface area (Å²) in [6, 6.07) is 7.85. The molecule has 1 N–H and O–H groups in total. The number of hydrogen-bond acceptors (Lipinski definition) is 4. The van der Waals surface area contributed by atoms with E-state index >= 15 is 0 Å². The highest BCUT2D eigenvalue weighted by Gasteiger charge is 2.08. The largest absolute Gasteiger partial charge is 0.496 e. The lowest BCUT2D eigenvalue weighted by molar-refractivity contribution is -0.120. The highest BCUT2D eigenvalue weighted by atomic mass is 32.1. The Hall–Kier alpha value is -1.88. The van der Waals surface area contributed by atoms with Gasteiger partial charge in [-0.1, -0.05) is 18.2 Å². The molecule has 0 atom stereocenters. The highest BCUT2D eigenvalue weighted by molar-refractivity contribution is 7.09. The lowest BCUT2D eigenvalue weighted by Gasteiger charge is -2.09. The van der Waals surface area contributed by atoms with E-state index in [0.717, 1.165) is 28.3 Å². The van der Waals surface area contributed by atoms with Crippen molar-refractivity contribution in [3.8, 4) is 5.75 Å². The van der Waals surface area contributed by atoms with E-state index in [-0.39, 0.29) is 5.91 Å². The van der Waals surface area contributed by atoms with E-state index in [9.17, 15) is 4.79 Å². The van der Waals surface area contributed by atoms with Gasteiger partial charge in [-0.05, 0) is 25.0 Å². The second kappa shape index (κ2) is 7.05. The smallest absolute Gasteiger partial charge is 0.225 e. The number of hydrogen-bond donors (Lipinski definition) is 1. The molecule has 0 aliphatic heterocycles. The number of carbonyl (C=O) groups excluding carboxylic acids is 1. The summed E-state index contributed by atoms with van der Waals surface area (Å²) in [5.41, 5.74) is 3.81. The number of rotatable bonds is 6. The topological polar surface area (TPSA) is 51.2 Å². The predicted octanol–water partition coefficient (Wildman–Crippen LogP) is 2.36. The second-order valence-corrected chi connectivity index (χ2v) is 5.39. The Morgan fingerprint density at radius 2 is 2.20 bits per heavy atom. The molecular weight excluding hydrogens is 272 g/mol. The molecule has 0 saturated carbocycles. The third kappa shape index (κ3) is 3.81. The van der Waals surface area contributed by atoms with Gasteiger partial charge in [-0.25, -0.2) is 4.98 Å². The van der Waals surface area contributed by atoms with Crippen LogP contribution in [0.3, 0.4) is 0 Å². The molecule has 0 spiro atoms. The Balaban J connectivity index is 1.81. The molecule has 0 bridgehead atoms. The van der Waals surface area contributed by atoms with Gasteiger partial charge in [-0.15, -0.1) is 11.3 Å². The number of aryl methyl sites for hydroxylation is 1. The van der Waals surface area contributed by atoms with Crippen LogP contribution < -0.4 is 10.1 Å². The molecule has 0 aliphatic carbocycles. The molecule has 5 heteroatoms. The van der Waals surface area contributed by atoms with Crippen molar-refractivity contribution in [2.75, 3.05) is 13.7 Å². The first kappa shape index (κ1) is 14.5. The molecule has 106 valence electrons. The van der Waals surface area contributed by atoms with Crippen molar-refractivity contribution in [1.82, 2.24) is 10.3 Å². The van der Waals surface area contributed by atoms with E-state index < -0.39 is 0 Å². The second-order valence-electron chi connectivity index (χ2n) is 4.45. The lowest BCUT2D eigenvalue weighted by Crippen LogP contribution is -2.27. The maximum absolute atomic E-state index is 11.8. The predicted molar refractivity (Wildman–Crippen MR) is 80.3 cm³/mol. The summed E-state index contributed by atoms with van der Waals surface area (Å²) in [7, 11) is 1.66. The minimum atomic E-state index is 0.0345. The van der Waals surface area contributed by atoms with Crippen LogP contribution in [0, 0.1) is 6.92 Å². The van der Waals surface area contributed by atoms with Crippen molar-refractivity contribution in [2.24, 2.45) is 0 Å². The van der Waals surface area contributed by atoms with Crippen molar-refractivity contribution in [3.05, 3.63) is 45.9 Å². The van der Waals surface area contributed by atoms with Gasteiger partial charge in [0.15, 0.2) is 0 Å². The third-order valence-corrected chi connectivity index (χ3v) is 4.01. The van der Waals surface area contributed by atoms with Crippen molar-refractivity contribution in [2.45, 2.75) is 19.8 Å². The molecule has 0 radical (unpaired) electrons. The first-order chi connectivity index (χ1) is 9.70. The van der Waals surface area contributed by atoms with Crippen LogP contribution in [-0.2, 0) is 17.6 Å². The van der Waals surface area contributed by atoms with Crippen LogP contribution in [0.2, 0.25) is 0 Å². The zero-order valence-electron chi connectivity index (χ0n) is 11.7. The Morgan fingerprint density at radius 3 is 2.90 bits per heavy atom. The van der Waals surface area contributed by atoms with E-state index in [1.54, 1.807) is 12.6 Å². The first-order valence-corrected chi connectivity index (χ1v) is 7.36. The van der Waals surface area contributed by atoms with Gasteiger partial charge in [0, 0.05) is 11.4 Å². The van der Waals surface area contributed by atoms with Crippen LogP contribution in [0.15, 0.2) is 29.8 Å². The van der Waals surface area contributed by atoms with Crippen LogP contribution in [0.4, 0.5) is 0 Å². The molecular formula is C15H18N2O2S. The summed E-state index contributed by atoms with van der Waals surface area (Å²) >= 11 is 1.52. The van der Waals surface area contributed by atoms with Gasteiger partial charge in [-0.2, -0.15) is 0 Å². The summed E-state index contributed by atoms with van der Waals surface area (Å²) in [6.07, 6.45) is 1.17. The summed E-state index contributed by atoms with van der Waals surface area (Å²) in [4.78, 5) is 17.0. The molecule has 2 rings (SSSR count). The van der Waals surface area contributed by atoms with Gasteiger partial charge in [0.05, 0.1) is 24.7 Å². The minimum Gasteiger partial charge on any atom is -0.496 e. The number of nitrogens with one attached hydrogen (secondary N) is 1. The van der Waals surface area contributed by atoms with Crippen molar-refractivity contribution >= 4 is 17.2 Å². The molecule has 0 fully saturated rings. The molecule has 20 heavy (non-hydrogen) atoms. The van der Waals surface area contributed by atoms with E-state index in [2.05, 4.69) is 10.3 Å². The van der Waals surface area contributed by atoms with E-state index in [1.807, 2.05) is 31.2 Å². The third-order valence-electron chi connectivity index (χ3n) is 3.08. The molecule has 2 aromatic rings. The van der Waals surface area contributed by atoms with E-state index in [0.29, 0.717) is 13.0 Å². The quantitative estimate of drug-likeness (QED) is 0.888. The van der Waals surface area contributed by atoms with E-state index in [1.165, 1.54) is 11.3 Å². The monoisotopic (exact) mass is 290 g/mol. The van der Waals surface area contributed by atoms with E-state index in [4.69, 9.17) is 4.74 Å². The van der Waals surface area contributed by atoms with Crippen LogP contribution >= 0.6 is 11.3 Å². The van der Waals surface area contributed by atoms with Crippen molar-refractivity contribution in [3.63, 3.8) is 0 Å². The number of para-hydroxylation sites is 1. The van der Waals surface area contributed by atoms with Gasteiger partial charge >= 0.3 is 0 Å². The van der Waals surface area contributed by atoms with Gasteiger partial charge in [0.2, 0.25) is 5.91 Å². The molecule has 0 saturated heterocycles. The number of aromatic nitrogens is 1. The van der Waals surface area contributed by atoms with Crippen LogP contribution in [0.5, 0.6) is 5.75 Å². The van der Waals surface area contributed by atoms with Crippen LogP contribution in [0.1, 0.15) is 16.1 Å². The molecule has 1 aromatic carbocycles. The SMILES string of the molecule is COc1ccccc1CCNC(=O)Cc1scnc1C. The zero-order valence-corrected chi connectivity index (χ0v) is 12.5. The average Bonchev–Trinajstić information content (AvgIpc) is 2.85. The normalized spacial score (nSPS) is 10.3. The fraction of sp³-hybridized carbons (Fsp3) is 0.333. The zero-order chi connectivity index (χ0) is 14.4. The number of methoxy groups -OCH3 is 1. The lowest BCUT2D eigenvalue weighted by atomic mass is 10.1. The van der Waals surface area contributed by atoms with Gasteiger partial charge < -0.3 is 10.1 Å². The number of nitrogens with zero attached hydrogens (tertiary/aromatic N) is 1. The number of benzene rings is 1. The Kier molecular flexibility index (Phi) is 5.12. The fourth-order valence-electron chi connectivity index (χ4n) is 1.95. The molecule has 1 aromatic heterocycles. The summed E-state index contributed by atoms with van der Waals surface area (Å²) in [6.45, 7) is 2.53. The molecule has 4 nitrogen and oxygen atoms in total. The van der Waals surface area contributed by atoms with Gasteiger partial charge in [0.1, 0.15) is 5.75 Å². The molecule has 1 heterocycles. The fourth-order valence-corrected chi connectivity index (χ4v) is 2.73. The maximum Gasteiger partial charge on any atom is 0.225 e. The number of carbonyl (C=O) groups is 1. The minimum absolute atomic E-state index is 0.0345. The van der Waals surface area contributed by atoms with Crippen LogP contribution in [-0.4, -0.2) is 24.5 Å². The first-order valence-electron chi connectivity index (χ1n) is 6.48. The Labute approximate surface area is 122 Å². The summed E-state index contributed by atoms with van der Waals surface area (Å²) in [5, 5.41) is 2.93. The van der Waals surface area contributed by atoms with Crippen LogP contribution in [0.25, 0.3) is 0 Å². The summed E-state index contributed by atoms with van der Waals surface area (Å²) < 4.78 is 5.28. The highest BCUT2D eigenvalue weighted by Crippen LogP contribution is 2.17.